The first-order chi connectivity index (χ1) is 8.92. The lowest BCUT2D eigenvalue weighted by molar-refractivity contribution is 1.22. The molecule has 0 atom stereocenters. The summed E-state index contributed by atoms with van der Waals surface area (Å²) in [5, 5.41) is 1.10. The molecule has 2 aromatic carbocycles. The van der Waals surface area contributed by atoms with Crippen molar-refractivity contribution in [3.63, 3.8) is 0 Å². The SMILES string of the molecule is c1ccc(Cc2cnc(-c3ccccc3)s2)cc1. The molecule has 0 saturated heterocycles. The summed E-state index contributed by atoms with van der Waals surface area (Å²) in [5.74, 6) is 0. The molecule has 0 aliphatic rings. The summed E-state index contributed by atoms with van der Waals surface area (Å²) in [7, 11) is 0. The molecule has 0 fully saturated rings. The number of hydrogen-bond donors (Lipinski definition) is 0. The van der Waals surface area contributed by atoms with Crippen LogP contribution in [0.25, 0.3) is 10.6 Å². The van der Waals surface area contributed by atoms with E-state index in [-0.39, 0.29) is 0 Å². The molecule has 3 aromatic rings. The van der Waals surface area contributed by atoms with Crippen molar-refractivity contribution in [2.75, 3.05) is 0 Å². The van der Waals surface area contributed by atoms with Crippen LogP contribution in [0.3, 0.4) is 0 Å². The fourth-order valence-corrected chi connectivity index (χ4v) is 2.85. The van der Waals surface area contributed by atoms with Gasteiger partial charge in [0, 0.05) is 23.1 Å². The van der Waals surface area contributed by atoms with E-state index in [0.717, 1.165) is 11.4 Å². The predicted octanol–water partition coefficient (Wildman–Crippen LogP) is 4.40. The summed E-state index contributed by atoms with van der Waals surface area (Å²) in [5.41, 5.74) is 2.53. The second kappa shape index (κ2) is 5.15. The monoisotopic (exact) mass is 251 g/mol. The molecule has 0 saturated carbocycles. The van der Waals surface area contributed by atoms with Gasteiger partial charge in [-0.15, -0.1) is 11.3 Å². The first-order valence-electron chi connectivity index (χ1n) is 5.96. The van der Waals surface area contributed by atoms with Crippen LogP contribution in [0, 0.1) is 0 Å². The van der Waals surface area contributed by atoms with E-state index in [1.165, 1.54) is 16.0 Å². The van der Waals surface area contributed by atoms with Gasteiger partial charge in [-0.3, -0.25) is 0 Å². The summed E-state index contributed by atoms with van der Waals surface area (Å²) in [6, 6.07) is 20.8. The molecule has 0 unspecified atom stereocenters. The zero-order chi connectivity index (χ0) is 12.2. The van der Waals surface area contributed by atoms with Crippen molar-refractivity contribution >= 4 is 11.3 Å². The van der Waals surface area contributed by atoms with Crippen LogP contribution in [0.5, 0.6) is 0 Å². The number of nitrogens with zero attached hydrogens (tertiary/aromatic N) is 1. The lowest BCUT2D eigenvalue weighted by atomic mass is 10.1. The Balaban J connectivity index is 1.82. The molecule has 3 rings (SSSR count). The topological polar surface area (TPSA) is 12.9 Å². The molecule has 88 valence electrons. The third-order valence-electron chi connectivity index (χ3n) is 2.80. The first kappa shape index (κ1) is 11.2. The summed E-state index contributed by atoms with van der Waals surface area (Å²) < 4.78 is 0. The minimum absolute atomic E-state index is 0.964. The van der Waals surface area contributed by atoms with E-state index < -0.39 is 0 Å². The standard InChI is InChI=1S/C16H13NS/c1-3-7-13(8-4-1)11-15-12-17-16(18-15)14-9-5-2-6-10-14/h1-10,12H,11H2. The predicted molar refractivity (Wildman–Crippen MR) is 76.8 cm³/mol. The summed E-state index contributed by atoms with van der Waals surface area (Å²) >= 11 is 1.77. The van der Waals surface area contributed by atoms with E-state index in [2.05, 4.69) is 41.4 Å². The maximum absolute atomic E-state index is 4.50. The molecule has 0 aliphatic heterocycles. The normalized spacial score (nSPS) is 10.4. The van der Waals surface area contributed by atoms with Gasteiger partial charge in [-0.05, 0) is 5.56 Å². The zero-order valence-electron chi connectivity index (χ0n) is 9.91. The molecule has 0 spiro atoms. The first-order valence-corrected chi connectivity index (χ1v) is 6.77. The summed E-state index contributed by atoms with van der Waals surface area (Å²) in [4.78, 5) is 5.81. The summed E-state index contributed by atoms with van der Waals surface area (Å²) in [6.45, 7) is 0. The maximum atomic E-state index is 4.50. The number of benzene rings is 2. The number of hydrogen-bond acceptors (Lipinski definition) is 2. The van der Waals surface area contributed by atoms with Gasteiger partial charge in [0.1, 0.15) is 5.01 Å². The van der Waals surface area contributed by atoms with Crippen LogP contribution in [0.1, 0.15) is 10.4 Å². The Kier molecular flexibility index (Phi) is 3.20. The van der Waals surface area contributed by atoms with E-state index in [4.69, 9.17) is 0 Å². The van der Waals surface area contributed by atoms with Crippen molar-refractivity contribution in [1.82, 2.24) is 4.98 Å². The molecule has 0 bridgehead atoms. The Morgan fingerprint density at radius 3 is 2.22 bits per heavy atom. The molecule has 1 aromatic heterocycles. The van der Waals surface area contributed by atoms with Crippen molar-refractivity contribution in [3.05, 3.63) is 77.3 Å². The minimum atomic E-state index is 0.964. The molecule has 18 heavy (non-hydrogen) atoms. The molecule has 2 heteroatoms. The van der Waals surface area contributed by atoms with Crippen LogP contribution in [0.4, 0.5) is 0 Å². The highest BCUT2D eigenvalue weighted by molar-refractivity contribution is 7.15. The highest BCUT2D eigenvalue weighted by Gasteiger charge is 2.04. The average molecular weight is 251 g/mol. The summed E-state index contributed by atoms with van der Waals surface area (Å²) in [6.07, 6.45) is 2.95. The van der Waals surface area contributed by atoms with Crippen LogP contribution >= 0.6 is 11.3 Å². The molecular formula is C16H13NS. The van der Waals surface area contributed by atoms with Gasteiger partial charge >= 0.3 is 0 Å². The fourth-order valence-electron chi connectivity index (χ4n) is 1.90. The van der Waals surface area contributed by atoms with Crippen LogP contribution < -0.4 is 0 Å². The van der Waals surface area contributed by atoms with Gasteiger partial charge in [0.15, 0.2) is 0 Å². The second-order valence-electron chi connectivity index (χ2n) is 4.16. The number of thiazole rings is 1. The van der Waals surface area contributed by atoms with Crippen molar-refractivity contribution in [2.24, 2.45) is 0 Å². The van der Waals surface area contributed by atoms with Gasteiger partial charge in [0.2, 0.25) is 0 Å². The van der Waals surface area contributed by atoms with E-state index in [1.807, 2.05) is 30.5 Å². The van der Waals surface area contributed by atoms with E-state index in [9.17, 15) is 0 Å². The average Bonchev–Trinajstić information content (AvgIpc) is 2.89. The Bertz CT molecular complexity index is 614. The molecule has 1 heterocycles. The van der Waals surface area contributed by atoms with Crippen molar-refractivity contribution in [2.45, 2.75) is 6.42 Å². The number of aromatic nitrogens is 1. The second-order valence-corrected chi connectivity index (χ2v) is 5.28. The Hall–Kier alpha value is -1.93. The zero-order valence-corrected chi connectivity index (χ0v) is 10.7. The Labute approximate surface area is 111 Å². The third-order valence-corrected chi connectivity index (χ3v) is 3.84. The molecule has 0 N–H and O–H groups in total. The fraction of sp³-hybridized carbons (Fsp3) is 0.0625. The molecule has 1 nitrogen and oxygen atoms in total. The quantitative estimate of drug-likeness (QED) is 0.672. The van der Waals surface area contributed by atoms with Gasteiger partial charge < -0.3 is 0 Å². The van der Waals surface area contributed by atoms with Crippen LogP contribution in [-0.4, -0.2) is 4.98 Å². The number of rotatable bonds is 3. The Morgan fingerprint density at radius 1 is 0.833 bits per heavy atom. The van der Waals surface area contributed by atoms with Gasteiger partial charge in [-0.1, -0.05) is 60.7 Å². The third kappa shape index (κ3) is 2.49. The highest BCUT2D eigenvalue weighted by Crippen LogP contribution is 2.26. The van der Waals surface area contributed by atoms with Gasteiger partial charge in [-0.2, -0.15) is 0 Å². The van der Waals surface area contributed by atoms with E-state index in [0.29, 0.717) is 0 Å². The van der Waals surface area contributed by atoms with Crippen molar-refractivity contribution in [1.29, 1.82) is 0 Å². The molecule has 0 radical (unpaired) electrons. The minimum Gasteiger partial charge on any atom is -0.244 e. The Morgan fingerprint density at radius 2 is 1.50 bits per heavy atom. The van der Waals surface area contributed by atoms with Crippen LogP contribution in [0.2, 0.25) is 0 Å². The molecule has 0 aliphatic carbocycles. The largest absolute Gasteiger partial charge is 0.244 e. The van der Waals surface area contributed by atoms with E-state index >= 15 is 0 Å². The van der Waals surface area contributed by atoms with Crippen LogP contribution in [0.15, 0.2) is 66.9 Å². The smallest absolute Gasteiger partial charge is 0.123 e. The van der Waals surface area contributed by atoms with E-state index in [1.54, 1.807) is 11.3 Å². The maximum Gasteiger partial charge on any atom is 0.123 e. The van der Waals surface area contributed by atoms with Crippen LogP contribution in [-0.2, 0) is 6.42 Å². The van der Waals surface area contributed by atoms with Gasteiger partial charge in [-0.25, -0.2) is 4.98 Å². The lowest BCUT2D eigenvalue weighted by Gasteiger charge is -1.96. The van der Waals surface area contributed by atoms with Crippen molar-refractivity contribution < 1.29 is 0 Å². The molecule has 0 amide bonds. The molecular weight excluding hydrogens is 238 g/mol. The lowest BCUT2D eigenvalue weighted by Crippen LogP contribution is -1.82. The van der Waals surface area contributed by atoms with Gasteiger partial charge in [0.05, 0.1) is 0 Å². The van der Waals surface area contributed by atoms with Crippen molar-refractivity contribution in [3.8, 4) is 10.6 Å². The highest BCUT2D eigenvalue weighted by atomic mass is 32.1. The van der Waals surface area contributed by atoms with Gasteiger partial charge in [0.25, 0.3) is 0 Å².